The molecule has 7 nitrogen and oxygen atoms in total. The molecule has 0 bridgehead atoms. The Morgan fingerprint density at radius 1 is 1.33 bits per heavy atom. The molecule has 110 valence electrons. The summed E-state index contributed by atoms with van der Waals surface area (Å²) in [6, 6.07) is 6.60. The second-order valence-electron chi connectivity index (χ2n) is 5.02. The number of nitrogens with one attached hydrogen (secondary N) is 3. The van der Waals surface area contributed by atoms with Crippen molar-refractivity contribution in [2.75, 3.05) is 11.9 Å². The van der Waals surface area contributed by atoms with Crippen LogP contribution in [0.4, 0.5) is 5.69 Å². The Balaban J connectivity index is 1.69. The van der Waals surface area contributed by atoms with Crippen LogP contribution in [-0.2, 0) is 4.79 Å². The molecule has 2 atom stereocenters. The standard InChI is InChI=1S/C14H16N4O3/c19-11-7-12(16-8-11)13(20)17-9-1-3-10(4-2-9)18-6-5-15-14(18)21/h1-6,11-12,16,19H,7-8H2,(H,15,21)(H,17,20). The Morgan fingerprint density at radius 2 is 2.10 bits per heavy atom. The summed E-state index contributed by atoms with van der Waals surface area (Å²) in [7, 11) is 0. The predicted molar refractivity (Wildman–Crippen MR) is 77.4 cm³/mol. The van der Waals surface area contributed by atoms with E-state index in [-0.39, 0.29) is 17.6 Å². The fourth-order valence-corrected chi connectivity index (χ4v) is 2.38. The zero-order chi connectivity index (χ0) is 14.8. The zero-order valence-corrected chi connectivity index (χ0v) is 11.2. The fraction of sp³-hybridized carbons (Fsp3) is 0.286. The number of benzene rings is 1. The molecule has 1 fully saturated rings. The van der Waals surface area contributed by atoms with Gasteiger partial charge in [0.15, 0.2) is 0 Å². The number of H-pyrrole nitrogens is 1. The van der Waals surface area contributed by atoms with E-state index in [1.54, 1.807) is 36.7 Å². The van der Waals surface area contributed by atoms with Crippen molar-refractivity contribution in [3.05, 3.63) is 47.1 Å². The average molecular weight is 288 g/mol. The van der Waals surface area contributed by atoms with Gasteiger partial charge in [-0.1, -0.05) is 0 Å². The minimum atomic E-state index is -0.469. The molecule has 2 heterocycles. The highest BCUT2D eigenvalue weighted by Gasteiger charge is 2.27. The van der Waals surface area contributed by atoms with Crippen LogP contribution in [0.2, 0.25) is 0 Å². The van der Waals surface area contributed by atoms with Gasteiger partial charge < -0.3 is 20.7 Å². The van der Waals surface area contributed by atoms with E-state index in [0.717, 1.165) is 0 Å². The van der Waals surface area contributed by atoms with Gasteiger partial charge in [0.2, 0.25) is 5.91 Å². The van der Waals surface area contributed by atoms with Crippen LogP contribution in [0.3, 0.4) is 0 Å². The normalized spacial score (nSPS) is 21.4. The first-order valence-corrected chi connectivity index (χ1v) is 6.72. The summed E-state index contributed by atoms with van der Waals surface area (Å²) in [6.07, 6.45) is 3.15. The van der Waals surface area contributed by atoms with E-state index in [2.05, 4.69) is 15.6 Å². The van der Waals surface area contributed by atoms with Crippen molar-refractivity contribution in [3.63, 3.8) is 0 Å². The van der Waals surface area contributed by atoms with Crippen LogP contribution in [0, 0.1) is 0 Å². The molecular formula is C14H16N4O3. The summed E-state index contributed by atoms with van der Waals surface area (Å²) in [5.74, 6) is -0.168. The Hall–Kier alpha value is -2.38. The van der Waals surface area contributed by atoms with Crippen molar-refractivity contribution in [2.24, 2.45) is 0 Å². The fourth-order valence-electron chi connectivity index (χ4n) is 2.38. The third-order valence-corrected chi connectivity index (χ3v) is 3.49. The van der Waals surface area contributed by atoms with Crippen molar-refractivity contribution in [1.29, 1.82) is 0 Å². The molecule has 2 aromatic rings. The molecule has 21 heavy (non-hydrogen) atoms. The number of aliphatic hydroxyl groups is 1. The Labute approximate surface area is 120 Å². The highest BCUT2D eigenvalue weighted by atomic mass is 16.3. The average Bonchev–Trinajstić information content (AvgIpc) is 3.08. The van der Waals surface area contributed by atoms with Crippen LogP contribution in [0.25, 0.3) is 5.69 Å². The number of imidazole rings is 1. The Morgan fingerprint density at radius 3 is 2.67 bits per heavy atom. The van der Waals surface area contributed by atoms with E-state index in [9.17, 15) is 14.7 Å². The maximum Gasteiger partial charge on any atom is 0.330 e. The van der Waals surface area contributed by atoms with Crippen LogP contribution in [0.15, 0.2) is 41.5 Å². The lowest BCUT2D eigenvalue weighted by atomic mass is 10.2. The lowest BCUT2D eigenvalue weighted by Crippen LogP contribution is -2.35. The van der Waals surface area contributed by atoms with E-state index in [4.69, 9.17) is 0 Å². The van der Waals surface area contributed by atoms with Crippen LogP contribution >= 0.6 is 0 Å². The number of amides is 1. The van der Waals surface area contributed by atoms with Crippen molar-refractivity contribution in [2.45, 2.75) is 18.6 Å². The summed E-state index contributed by atoms with van der Waals surface area (Å²) >= 11 is 0. The summed E-state index contributed by atoms with van der Waals surface area (Å²) in [4.78, 5) is 26.0. The Kier molecular flexibility index (Phi) is 3.59. The summed E-state index contributed by atoms with van der Waals surface area (Å²) in [5.41, 5.74) is 1.15. The first-order valence-electron chi connectivity index (χ1n) is 6.72. The van der Waals surface area contributed by atoms with Gasteiger partial charge in [-0.3, -0.25) is 9.36 Å². The van der Waals surface area contributed by atoms with Gasteiger partial charge in [-0.2, -0.15) is 0 Å². The molecule has 0 saturated carbocycles. The largest absolute Gasteiger partial charge is 0.392 e. The lowest BCUT2D eigenvalue weighted by Gasteiger charge is -2.11. The van der Waals surface area contributed by atoms with Gasteiger partial charge in [0.05, 0.1) is 17.8 Å². The molecule has 1 aromatic carbocycles. The lowest BCUT2D eigenvalue weighted by molar-refractivity contribution is -0.117. The summed E-state index contributed by atoms with van der Waals surface area (Å²) < 4.78 is 1.47. The molecule has 2 unspecified atom stereocenters. The van der Waals surface area contributed by atoms with Crippen LogP contribution in [0.5, 0.6) is 0 Å². The number of β-amino-alcohol motifs (C(OH)–C–C–N with tert-alkyl or cyclic N) is 1. The van der Waals surface area contributed by atoms with E-state index in [1.165, 1.54) is 4.57 Å². The molecule has 1 aliphatic rings. The van der Waals surface area contributed by atoms with Gasteiger partial charge in [-0.25, -0.2) is 4.79 Å². The van der Waals surface area contributed by atoms with Crippen LogP contribution in [-0.4, -0.2) is 39.3 Å². The molecule has 4 N–H and O–H groups in total. The number of hydrogen-bond donors (Lipinski definition) is 4. The molecule has 7 heteroatoms. The van der Waals surface area contributed by atoms with Crippen LogP contribution < -0.4 is 16.3 Å². The number of aromatic amines is 1. The van der Waals surface area contributed by atoms with Crippen LogP contribution in [0.1, 0.15) is 6.42 Å². The molecular weight excluding hydrogens is 272 g/mol. The highest BCUT2D eigenvalue weighted by Crippen LogP contribution is 2.14. The van der Waals surface area contributed by atoms with E-state index >= 15 is 0 Å². The molecule has 1 saturated heterocycles. The molecule has 0 aliphatic carbocycles. The molecule has 3 rings (SSSR count). The summed E-state index contributed by atoms with van der Waals surface area (Å²) in [6.45, 7) is 0.438. The quantitative estimate of drug-likeness (QED) is 0.630. The number of hydrogen-bond acceptors (Lipinski definition) is 4. The number of nitrogens with zero attached hydrogens (tertiary/aromatic N) is 1. The number of anilines is 1. The number of carbonyl (C=O) groups excluding carboxylic acids is 1. The molecule has 1 amide bonds. The maximum atomic E-state index is 12.0. The SMILES string of the molecule is O=C(Nc1ccc(-n2cc[nH]c2=O)cc1)C1CC(O)CN1. The van der Waals surface area contributed by atoms with Gasteiger partial charge in [-0.05, 0) is 30.7 Å². The predicted octanol–water partition coefficient (Wildman–Crippen LogP) is -0.173. The topological polar surface area (TPSA) is 99.2 Å². The molecule has 0 radical (unpaired) electrons. The van der Waals surface area contributed by atoms with Crippen molar-refractivity contribution < 1.29 is 9.90 Å². The number of carbonyl (C=O) groups is 1. The van der Waals surface area contributed by atoms with E-state index in [0.29, 0.717) is 24.3 Å². The monoisotopic (exact) mass is 288 g/mol. The second-order valence-corrected chi connectivity index (χ2v) is 5.02. The third-order valence-electron chi connectivity index (χ3n) is 3.49. The van der Waals surface area contributed by atoms with Gasteiger partial charge in [0.1, 0.15) is 0 Å². The number of aliphatic hydroxyl groups excluding tert-OH is 1. The molecule has 1 aliphatic heterocycles. The zero-order valence-electron chi connectivity index (χ0n) is 11.2. The van der Waals surface area contributed by atoms with Crippen molar-refractivity contribution >= 4 is 11.6 Å². The molecule has 0 spiro atoms. The highest BCUT2D eigenvalue weighted by molar-refractivity contribution is 5.95. The third kappa shape index (κ3) is 2.88. The first kappa shape index (κ1) is 13.6. The molecule has 1 aromatic heterocycles. The van der Waals surface area contributed by atoms with Gasteiger partial charge in [0.25, 0.3) is 0 Å². The smallest absolute Gasteiger partial charge is 0.330 e. The second kappa shape index (κ2) is 5.55. The Bertz CT molecular complexity index is 689. The maximum absolute atomic E-state index is 12.0. The van der Waals surface area contributed by atoms with E-state index in [1.807, 2.05) is 0 Å². The van der Waals surface area contributed by atoms with Gasteiger partial charge >= 0.3 is 5.69 Å². The first-order chi connectivity index (χ1) is 10.1. The number of rotatable bonds is 3. The van der Waals surface area contributed by atoms with E-state index < -0.39 is 6.10 Å². The van der Waals surface area contributed by atoms with Gasteiger partial charge in [0, 0.05) is 24.6 Å². The minimum absolute atomic E-state index is 0.168. The van der Waals surface area contributed by atoms with Gasteiger partial charge in [-0.15, -0.1) is 0 Å². The van der Waals surface area contributed by atoms with Crippen molar-refractivity contribution in [1.82, 2.24) is 14.9 Å². The van der Waals surface area contributed by atoms with Crippen molar-refractivity contribution in [3.8, 4) is 5.69 Å². The number of aromatic nitrogens is 2. The minimum Gasteiger partial charge on any atom is -0.392 e. The summed E-state index contributed by atoms with van der Waals surface area (Å²) in [5, 5.41) is 15.1.